The number of methoxy groups -OCH3 is 1. The van der Waals surface area contributed by atoms with Gasteiger partial charge < -0.3 is 63.8 Å². The van der Waals surface area contributed by atoms with Gasteiger partial charge in [0.2, 0.25) is 0 Å². The molecule has 0 aromatic carbocycles. The Hall–Kier alpha value is -1.01. The van der Waals surface area contributed by atoms with E-state index in [1.807, 2.05) is 51.7 Å². The van der Waals surface area contributed by atoms with Gasteiger partial charge in [-0.05, 0) is 94.8 Å². The van der Waals surface area contributed by atoms with Gasteiger partial charge >= 0.3 is 5.97 Å². The van der Waals surface area contributed by atoms with E-state index in [1.165, 1.54) is 14.0 Å². The number of rotatable bonds is 7. The summed E-state index contributed by atoms with van der Waals surface area (Å²) in [4.78, 5) is 18.0. The van der Waals surface area contributed by atoms with Gasteiger partial charge in [0.25, 0.3) is 0 Å². The Labute approximate surface area is 312 Å². The number of aliphatic hydroxyl groups excluding tert-OH is 3. The number of cyclic esters (lactones) is 1. The van der Waals surface area contributed by atoms with Crippen molar-refractivity contribution >= 4 is 5.97 Å². The summed E-state index contributed by atoms with van der Waals surface area (Å²) in [6.45, 7) is 18.0. The van der Waals surface area contributed by atoms with E-state index in [0.717, 1.165) is 0 Å². The van der Waals surface area contributed by atoms with Crippen LogP contribution in [0.25, 0.3) is 0 Å². The van der Waals surface area contributed by atoms with Crippen LogP contribution in [0, 0.1) is 17.8 Å². The normalized spacial score (nSPS) is 49.6. The fourth-order valence-electron chi connectivity index (χ4n) is 8.74. The van der Waals surface area contributed by atoms with Crippen molar-refractivity contribution in [3.05, 3.63) is 0 Å². The Morgan fingerprint density at radius 3 is 2.12 bits per heavy atom. The summed E-state index contributed by atoms with van der Waals surface area (Å²) >= 11 is 0. The maximum Gasteiger partial charge on any atom is 0.311 e. The van der Waals surface area contributed by atoms with E-state index in [2.05, 4.69) is 0 Å². The highest BCUT2D eigenvalue weighted by atomic mass is 16.7. The molecule has 3 aliphatic rings. The third-order valence-electron chi connectivity index (χ3n) is 12.2. The Morgan fingerprint density at radius 2 is 1.56 bits per heavy atom. The molecule has 3 saturated heterocycles. The largest absolute Gasteiger partial charge is 0.459 e. The summed E-state index contributed by atoms with van der Waals surface area (Å²) in [6.07, 6.45) is -8.19. The van der Waals surface area contributed by atoms with E-state index >= 15 is 0 Å². The highest BCUT2D eigenvalue weighted by Crippen LogP contribution is 2.40. The average Bonchev–Trinajstić information content (AvgIpc) is 3.05. The lowest BCUT2D eigenvalue weighted by atomic mass is 9.77. The van der Waals surface area contributed by atoms with Crippen molar-refractivity contribution < 1.29 is 58.7 Å². The molecule has 0 saturated carbocycles. The van der Waals surface area contributed by atoms with Crippen molar-refractivity contribution in [3.8, 4) is 0 Å². The third-order valence-corrected chi connectivity index (χ3v) is 12.2. The molecular formula is C38H72N2O12. The summed E-state index contributed by atoms with van der Waals surface area (Å²) in [5.74, 6) is -2.58. The maximum absolute atomic E-state index is 14.2. The molecule has 14 heteroatoms. The lowest BCUT2D eigenvalue weighted by molar-refractivity contribution is -0.318. The van der Waals surface area contributed by atoms with Gasteiger partial charge in [0.05, 0.1) is 41.5 Å². The van der Waals surface area contributed by atoms with Crippen LogP contribution in [0.4, 0.5) is 0 Å². The number of carbonyl (C=O) groups excluding carboxylic acids is 1. The zero-order valence-corrected chi connectivity index (χ0v) is 34.2. The highest BCUT2D eigenvalue weighted by Gasteiger charge is 2.52. The number of hydrogen-bond acceptors (Lipinski definition) is 14. The van der Waals surface area contributed by atoms with Crippen LogP contribution < -0.4 is 0 Å². The molecule has 2 unspecified atom stereocenters. The molecule has 3 heterocycles. The lowest BCUT2D eigenvalue weighted by Gasteiger charge is -2.48. The second-order valence-corrected chi connectivity index (χ2v) is 17.2. The van der Waals surface area contributed by atoms with Crippen LogP contribution in [-0.4, -0.2) is 166 Å². The predicted molar refractivity (Wildman–Crippen MR) is 194 cm³/mol. The quantitative estimate of drug-likeness (QED) is 0.238. The monoisotopic (exact) mass is 749 g/mol. The predicted octanol–water partition coefficient (Wildman–Crippen LogP) is 1.90. The Bertz CT molecular complexity index is 1140. The van der Waals surface area contributed by atoms with Gasteiger partial charge in [-0.1, -0.05) is 20.8 Å². The van der Waals surface area contributed by atoms with Crippen LogP contribution in [0.1, 0.15) is 94.9 Å². The Morgan fingerprint density at radius 1 is 0.942 bits per heavy atom. The topological polar surface area (TPSA) is 180 Å². The van der Waals surface area contributed by atoms with Crippen molar-refractivity contribution in [1.82, 2.24) is 9.80 Å². The number of nitrogens with zero attached hydrogens (tertiary/aromatic N) is 2. The molecule has 5 N–H and O–H groups in total. The maximum atomic E-state index is 14.2. The molecule has 3 aliphatic heterocycles. The van der Waals surface area contributed by atoms with Gasteiger partial charge in [-0.3, -0.25) is 4.79 Å². The first-order valence-electron chi connectivity index (χ1n) is 19.1. The van der Waals surface area contributed by atoms with Gasteiger partial charge in [-0.25, -0.2) is 0 Å². The standard InChI is InChI=1S/C38H72N2O12/c1-15-27-38(10,46)31(42)24(6)40(13)19-20(2)17-36(8,45)33(52-35-29(41)26(39(11)12)16-21(3)48-35)22(4)30(23(5)34(44)50-27)51-28-18-37(9,47-14)32(43)25(7)49-28/h20-33,35,41-43,45-46H,15-19H2,1-14H3/t20-,21+,22-,23+,24+,25-,26-,27+,28?,29+,30-,31+,32-,33+,35-,36?,37+,38+/m0/s1. The average molecular weight is 749 g/mol. The number of carbonyl (C=O) groups is 1. The van der Waals surface area contributed by atoms with Crippen molar-refractivity contribution in [1.29, 1.82) is 0 Å². The fraction of sp³-hybridized carbons (Fsp3) is 0.974. The zero-order valence-electron chi connectivity index (χ0n) is 34.2. The van der Waals surface area contributed by atoms with Gasteiger partial charge in [0.15, 0.2) is 12.6 Å². The molecule has 0 amide bonds. The van der Waals surface area contributed by atoms with E-state index in [0.29, 0.717) is 13.0 Å². The minimum Gasteiger partial charge on any atom is -0.459 e. The summed E-state index contributed by atoms with van der Waals surface area (Å²) < 4.78 is 37.5. The van der Waals surface area contributed by atoms with Crippen LogP contribution in [0.2, 0.25) is 0 Å². The Kier molecular flexibility index (Phi) is 15.6. The second kappa shape index (κ2) is 17.8. The first-order chi connectivity index (χ1) is 23.9. The molecule has 0 aromatic heterocycles. The SMILES string of the molecule is CC[C@H]1OC(=O)[C@H](C)[C@@H](OC2C[C@@](C)(OC)[C@@H](O)[C@H](C)O2)[C@H](C)[C@@H](O[C@@H]2O[C@H](C)C[C@H](N(C)C)[C@H]2O)C(C)(O)C[C@H](C)CN(C)[C@H](C)[C@@H](O)[C@]1(C)O. The molecule has 0 radical (unpaired) electrons. The minimum atomic E-state index is -1.80. The van der Waals surface area contributed by atoms with Gasteiger partial charge in [0, 0.05) is 38.1 Å². The fourth-order valence-corrected chi connectivity index (χ4v) is 8.74. The molecule has 18 atom stereocenters. The van der Waals surface area contributed by atoms with Crippen LogP contribution in [0.15, 0.2) is 0 Å². The number of aliphatic hydroxyl groups is 5. The number of likely N-dealkylation sites (N-methyl/N-ethyl adjacent to an activating group) is 2. The molecule has 306 valence electrons. The molecule has 0 spiro atoms. The van der Waals surface area contributed by atoms with Crippen LogP contribution >= 0.6 is 0 Å². The van der Waals surface area contributed by atoms with Crippen LogP contribution in [0.5, 0.6) is 0 Å². The Balaban J connectivity index is 2.17. The summed E-state index contributed by atoms with van der Waals surface area (Å²) in [6, 6.07) is -0.808. The van der Waals surface area contributed by atoms with E-state index < -0.39 is 96.0 Å². The van der Waals surface area contributed by atoms with Crippen molar-refractivity contribution in [2.24, 2.45) is 17.8 Å². The summed E-state index contributed by atoms with van der Waals surface area (Å²) in [7, 11) is 7.12. The third kappa shape index (κ3) is 10.0. The first kappa shape index (κ1) is 45.4. The van der Waals surface area contributed by atoms with Crippen molar-refractivity contribution in [3.63, 3.8) is 0 Å². The van der Waals surface area contributed by atoms with Crippen molar-refractivity contribution in [2.45, 2.75) is 185 Å². The number of ether oxygens (including phenoxy) is 6. The van der Waals surface area contributed by atoms with Gasteiger partial charge in [0.1, 0.15) is 30.0 Å². The molecule has 14 nitrogen and oxygen atoms in total. The molecule has 0 aliphatic carbocycles. The smallest absolute Gasteiger partial charge is 0.311 e. The van der Waals surface area contributed by atoms with E-state index in [4.69, 9.17) is 28.4 Å². The van der Waals surface area contributed by atoms with E-state index in [-0.39, 0.29) is 37.3 Å². The highest BCUT2D eigenvalue weighted by molar-refractivity contribution is 5.73. The zero-order chi connectivity index (χ0) is 39.7. The van der Waals surface area contributed by atoms with Crippen molar-refractivity contribution in [2.75, 3.05) is 34.8 Å². The molecule has 0 aromatic rings. The number of esters is 1. The van der Waals surface area contributed by atoms with Gasteiger partial charge in [-0.15, -0.1) is 0 Å². The first-order valence-corrected chi connectivity index (χ1v) is 19.1. The molecule has 3 rings (SSSR count). The molecule has 0 bridgehead atoms. The second-order valence-electron chi connectivity index (χ2n) is 17.2. The van der Waals surface area contributed by atoms with Crippen LogP contribution in [0.3, 0.4) is 0 Å². The minimum absolute atomic E-state index is 0.133. The molecule has 3 fully saturated rings. The van der Waals surface area contributed by atoms with E-state index in [1.54, 1.807) is 41.5 Å². The summed E-state index contributed by atoms with van der Waals surface area (Å²) in [5, 5.41) is 58.1. The summed E-state index contributed by atoms with van der Waals surface area (Å²) in [5.41, 5.74) is -4.37. The lowest BCUT2D eigenvalue weighted by Crippen LogP contribution is -2.60. The molecule has 52 heavy (non-hydrogen) atoms. The van der Waals surface area contributed by atoms with Crippen LogP contribution in [-0.2, 0) is 33.2 Å². The number of hydrogen-bond donors (Lipinski definition) is 5. The molecular weight excluding hydrogens is 676 g/mol. The van der Waals surface area contributed by atoms with E-state index in [9.17, 15) is 30.3 Å². The van der Waals surface area contributed by atoms with Gasteiger partial charge in [-0.2, -0.15) is 0 Å².